The minimum Gasteiger partial charge on any atom is -0.348 e. The highest BCUT2D eigenvalue weighted by atomic mass is 19.1. The van der Waals surface area contributed by atoms with Gasteiger partial charge in [-0.3, -0.25) is 4.79 Å². The lowest BCUT2D eigenvalue weighted by Crippen LogP contribution is -2.29. The maximum absolute atomic E-state index is 13.6. The first-order chi connectivity index (χ1) is 9.91. The Labute approximate surface area is 121 Å². The lowest BCUT2D eigenvalue weighted by Gasteiger charge is -2.14. The van der Waals surface area contributed by atoms with E-state index in [-0.39, 0.29) is 12.1 Å². The zero-order chi connectivity index (χ0) is 15.6. The van der Waals surface area contributed by atoms with E-state index in [1.54, 1.807) is 18.5 Å². The Hall–Kier alpha value is -2.31. The van der Waals surface area contributed by atoms with E-state index in [1.165, 1.54) is 13.0 Å². The number of benzene rings is 1. The first-order valence-electron chi connectivity index (χ1n) is 6.48. The van der Waals surface area contributed by atoms with Crippen molar-refractivity contribution >= 4 is 5.91 Å². The molecular weight excluding hydrogens is 278 g/mol. The molecule has 1 atom stereocenters. The third-order valence-electron chi connectivity index (χ3n) is 3.43. The van der Waals surface area contributed by atoms with Crippen LogP contribution in [0.3, 0.4) is 0 Å². The first-order valence-corrected chi connectivity index (χ1v) is 6.48. The van der Waals surface area contributed by atoms with E-state index < -0.39 is 23.5 Å². The molecule has 0 fully saturated rings. The number of aromatic nitrogens is 3. The van der Waals surface area contributed by atoms with E-state index in [0.717, 1.165) is 12.1 Å². The monoisotopic (exact) mass is 294 g/mol. The second-order valence-electron chi connectivity index (χ2n) is 4.80. The molecule has 1 N–H and O–H groups in total. The van der Waals surface area contributed by atoms with Crippen molar-refractivity contribution in [3.8, 4) is 0 Å². The Balaban J connectivity index is 2.08. The largest absolute Gasteiger partial charge is 0.348 e. The van der Waals surface area contributed by atoms with E-state index in [2.05, 4.69) is 15.5 Å². The molecule has 0 bridgehead atoms. The molecule has 1 amide bonds. The topological polar surface area (TPSA) is 59.8 Å². The number of rotatable bonds is 4. The van der Waals surface area contributed by atoms with Gasteiger partial charge in [0.15, 0.2) is 5.82 Å². The van der Waals surface area contributed by atoms with Gasteiger partial charge in [0.2, 0.25) is 5.91 Å². The average Bonchev–Trinajstić information content (AvgIpc) is 2.76. The Morgan fingerprint density at radius 3 is 2.48 bits per heavy atom. The molecule has 7 heteroatoms. The SMILES string of the molecule is Cc1nnc(CNC(=O)C(C)c2c(F)cccc2F)n1C. The number of carbonyl (C=O) groups is 1. The number of carbonyl (C=O) groups excluding carboxylic acids is 1. The van der Waals surface area contributed by atoms with Crippen LogP contribution in [0.25, 0.3) is 0 Å². The smallest absolute Gasteiger partial charge is 0.227 e. The van der Waals surface area contributed by atoms with Crippen LogP contribution in [-0.4, -0.2) is 20.7 Å². The van der Waals surface area contributed by atoms with Crippen molar-refractivity contribution < 1.29 is 13.6 Å². The minimum atomic E-state index is -0.930. The van der Waals surface area contributed by atoms with Gasteiger partial charge in [0.1, 0.15) is 17.5 Å². The van der Waals surface area contributed by atoms with E-state index >= 15 is 0 Å². The van der Waals surface area contributed by atoms with Crippen molar-refractivity contribution in [3.63, 3.8) is 0 Å². The molecule has 1 aromatic heterocycles. The molecule has 0 radical (unpaired) electrons. The van der Waals surface area contributed by atoms with Gasteiger partial charge >= 0.3 is 0 Å². The van der Waals surface area contributed by atoms with Crippen molar-refractivity contribution in [3.05, 3.63) is 47.0 Å². The number of aryl methyl sites for hydroxylation is 1. The molecule has 0 aliphatic rings. The third-order valence-corrected chi connectivity index (χ3v) is 3.43. The molecule has 1 unspecified atom stereocenters. The van der Waals surface area contributed by atoms with Crippen LogP contribution in [0.15, 0.2) is 18.2 Å². The fourth-order valence-electron chi connectivity index (χ4n) is 1.98. The van der Waals surface area contributed by atoms with Gasteiger partial charge in [0, 0.05) is 12.6 Å². The molecule has 1 heterocycles. The molecular formula is C14H16F2N4O. The summed E-state index contributed by atoms with van der Waals surface area (Å²) in [6.45, 7) is 3.39. The Bertz CT molecular complexity index is 649. The number of nitrogens with one attached hydrogen (secondary N) is 1. The van der Waals surface area contributed by atoms with Gasteiger partial charge in [0.05, 0.1) is 12.5 Å². The lowest BCUT2D eigenvalue weighted by atomic mass is 9.99. The average molecular weight is 294 g/mol. The number of halogens is 2. The van der Waals surface area contributed by atoms with Crippen molar-refractivity contribution in [2.75, 3.05) is 0 Å². The highest BCUT2D eigenvalue weighted by molar-refractivity contribution is 5.83. The highest BCUT2D eigenvalue weighted by Crippen LogP contribution is 2.22. The van der Waals surface area contributed by atoms with Crippen LogP contribution in [0, 0.1) is 18.6 Å². The number of hydrogen-bond acceptors (Lipinski definition) is 3. The van der Waals surface area contributed by atoms with E-state index in [0.29, 0.717) is 11.6 Å². The summed E-state index contributed by atoms with van der Waals surface area (Å²) in [6, 6.07) is 3.53. The second-order valence-corrected chi connectivity index (χ2v) is 4.80. The van der Waals surface area contributed by atoms with Gasteiger partial charge in [-0.2, -0.15) is 0 Å². The Morgan fingerprint density at radius 2 is 1.95 bits per heavy atom. The van der Waals surface area contributed by atoms with Crippen LogP contribution in [0.1, 0.15) is 30.1 Å². The van der Waals surface area contributed by atoms with Crippen LogP contribution in [0.5, 0.6) is 0 Å². The quantitative estimate of drug-likeness (QED) is 0.935. The van der Waals surface area contributed by atoms with Crippen LogP contribution in [0.4, 0.5) is 8.78 Å². The van der Waals surface area contributed by atoms with Crippen LogP contribution in [0.2, 0.25) is 0 Å². The van der Waals surface area contributed by atoms with Crippen molar-refractivity contribution in [2.45, 2.75) is 26.3 Å². The summed E-state index contributed by atoms with van der Waals surface area (Å²) < 4.78 is 29.0. The maximum atomic E-state index is 13.6. The highest BCUT2D eigenvalue weighted by Gasteiger charge is 2.22. The van der Waals surface area contributed by atoms with Gasteiger partial charge in [-0.25, -0.2) is 8.78 Å². The van der Waals surface area contributed by atoms with Gasteiger partial charge < -0.3 is 9.88 Å². The zero-order valence-corrected chi connectivity index (χ0v) is 12.0. The molecule has 0 aliphatic carbocycles. The molecule has 112 valence electrons. The number of hydrogen-bond donors (Lipinski definition) is 1. The second kappa shape index (κ2) is 5.99. The van der Waals surface area contributed by atoms with Gasteiger partial charge in [0.25, 0.3) is 0 Å². The van der Waals surface area contributed by atoms with Gasteiger partial charge in [-0.05, 0) is 26.0 Å². The predicted molar refractivity (Wildman–Crippen MR) is 72.4 cm³/mol. The van der Waals surface area contributed by atoms with Crippen molar-refractivity contribution in [1.29, 1.82) is 0 Å². The van der Waals surface area contributed by atoms with E-state index in [1.807, 2.05) is 0 Å². The van der Waals surface area contributed by atoms with Crippen LogP contribution in [-0.2, 0) is 18.4 Å². The summed E-state index contributed by atoms with van der Waals surface area (Å²) in [6.07, 6.45) is 0. The number of amides is 1. The fourth-order valence-corrected chi connectivity index (χ4v) is 1.98. The summed E-state index contributed by atoms with van der Waals surface area (Å²) in [7, 11) is 1.77. The summed E-state index contributed by atoms with van der Waals surface area (Å²) >= 11 is 0. The molecule has 2 aromatic rings. The van der Waals surface area contributed by atoms with Crippen molar-refractivity contribution in [2.24, 2.45) is 7.05 Å². The Morgan fingerprint density at radius 1 is 1.33 bits per heavy atom. The summed E-state index contributed by atoms with van der Waals surface area (Å²) in [5.74, 6) is -1.58. The molecule has 0 aliphatic heterocycles. The standard InChI is InChI=1S/C14H16F2N4O/c1-8(13-10(15)5-4-6-11(13)16)14(21)17-7-12-19-18-9(2)20(12)3/h4-6,8H,7H2,1-3H3,(H,17,21). The summed E-state index contributed by atoms with van der Waals surface area (Å²) in [5.41, 5.74) is -0.232. The number of nitrogens with zero attached hydrogens (tertiary/aromatic N) is 3. The van der Waals surface area contributed by atoms with Crippen LogP contribution < -0.4 is 5.32 Å². The van der Waals surface area contributed by atoms with E-state index in [4.69, 9.17) is 0 Å². The molecule has 1 aromatic carbocycles. The fraction of sp³-hybridized carbons (Fsp3) is 0.357. The van der Waals surface area contributed by atoms with Crippen LogP contribution >= 0.6 is 0 Å². The normalized spacial score (nSPS) is 12.2. The third kappa shape index (κ3) is 3.07. The van der Waals surface area contributed by atoms with Gasteiger partial charge in [-0.1, -0.05) is 6.07 Å². The summed E-state index contributed by atoms with van der Waals surface area (Å²) in [4.78, 5) is 12.0. The predicted octanol–water partition coefficient (Wildman–Crippen LogP) is 1.82. The molecule has 5 nitrogen and oxygen atoms in total. The molecule has 0 saturated heterocycles. The first kappa shape index (κ1) is 15.1. The molecule has 21 heavy (non-hydrogen) atoms. The lowest BCUT2D eigenvalue weighted by molar-refractivity contribution is -0.122. The van der Waals surface area contributed by atoms with Crippen molar-refractivity contribution in [1.82, 2.24) is 20.1 Å². The summed E-state index contributed by atoms with van der Waals surface area (Å²) in [5, 5.41) is 10.4. The maximum Gasteiger partial charge on any atom is 0.227 e. The molecule has 0 spiro atoms. The molecule has 2 rings (SSSR count). The van der Waals surface area contributed by atoms with Gasteiger partial charge in [-0.15, -0.1) is 10.2 Å². The zero-order valence-electron chi connectivity index (χ0n) is 12.0. The van der Waals surface area contributed by atoms with E-state index in [9.17, 15) is 13.6 Å². The Kier molecular flexibility index (Phi) is 4.30. The molecule has 0 saturated carbocycles. The minimum absolute atomic E-state index is 0.149.